The van der Waals surface area contributed by atoms with Crippen LogP contribution in [-0.2, 0) is 0 Å². The van der Waals surface area contributed by atoms with Gasteiger partial charge in [0.2, 0.25) is 0 Å². The van der Waals surface area contributed by atoms with E-state index >= 15 is 0 Å². The number of hydrogen-bond donors (Lipinski definition) is 2. The lowest BCUT2D eigenvalue weighted by Gasteiger charge is -2.29. The van der Waals surface area contributed by atoms with E-state index in [0.29, 0.717) is 11.4 Å². The molecule has 4 nitrogen and oxygen atoms in total. The van der Waals surface area contributed by atoms with E-state index in [1.54, 1.807) is 12.1 Å². The van der Waals surface area contributed by atoms with Gasteiger partial charge >= 0.3 is 0 Å². The average molecular weight is 222 g/mol. The quantitative estimate of drug-likeness (QED) is 0.597. The molecule has 1 aromatic carbocycles. The van der Waals surface area contributed by atoms with Crippen LogP contribution in [0.2, 0.25) is 0 Å². The molecule has 1 aromatic rings. The molecule has 0 aliphatic carbocycles. The topological polar surface area (TPSA) is 39.7 Å². The molecule has 16 heavy (non-hydrogen) atoms. The Morgan fingerprint density at radius 3 is 2.75 bits per heavy atom. The molecule has 0 radical (unpaired) electrons. The summed E-state index contributed by atoms with van der Waals surface area (Å²) < 4.78 is 13.8. The molecule has 0 saturated carbocycles. The van der Waals surface area contributed by atoms with E-state index in [1.807, 2.05) is 4.90 Å². The summed E-state index contributed by atoms with van der Waals surface area (Å²) in [6.07, 6.45) is 0. The summed E-state index contributed by atoms with van der Waals surface area (Å²) in [4.78, 5) is 2.04. The highest BCUT2D eigenvalue weighted by Crippen LogP contribution is 2.23. The van der Waals surface area contributed by atoms with Crippen LogP contribution < -0.4 is 15.6 Å². The van der Waals surface area contributed by atoms with Crippen LogP contribution in [0.3, 0.4) is 0 Å². The molecule has 0 atom stereocenters. The summed E-state index contributed by atoms with van der Waals surface area (Å²) >= 11 is 0. The van der Waals surface area contributed by atoms with E-state index in [9.17, 15) is 4.39 Å². The van der Waals surface area contributed by atoms with Crippen LogP contribution in [-0.4, -0.2) is 32.9 Å². The summed E-state index contributed by atoms with van der Waals surface area (Å²) in [6.45, 7) is 6.76. The molecule has 2 N–H and O–H groups in total. The number of hydrogen-bond acceptors (Lipinski definition) is 4. The minimum atomic E-state index is -0.226. The molecule has 0 unspecified atom stereocenters. The van der Waals surface area contributed by atoms with E-state index in [0.717, 1.165) is 26.2 Å². The lowest BCUT2D eigenvalue weighted by Crippen LogP contribution is -2.43. The predicted molar refractivity (Wildman–Crippen MR) is 64.7 cm³/mol. The standard InChI is InChI=1S/C11H15FN4/c1-13-15-9-2-3-11(10(12)8-9)16-6-4-14-5-7-16/h2-3,8,14-15H,1,4-7H2. The van der Waals surface area contributed by atoms with Crippen LogP contribution in [0.4, 0.5) is 15.8 Å². The SMILES string of the molecule is C=NNc1ccc(N2CCNCC2)c(F)c1. The number of hydrazone groups is 1. The fourth-order valence-corrected chi connectivity index (χ4v) is 1.83. The zero-order valence-electron chi connectivity index (χ0n) is 9.04. The Balaban J connectivity index is 2.17. The maximum absolute atomic E-state index is 13.8. The van der Waals surface area contributed by atoms with Gasteiger partial charge in [0.1, 0.15) is 5.82 Å². The maximum Gasteiger partial charge on any atom is 0.148 e. The third-order valence-corrected chi connectivity index (χ3v) is 2.61. The third-order valence-electron chi connectivity index (χ3n) is 2.61. The van der Waals surface area contributed by atoms with Gasteiger partial charge < -0.3 is 10.2 Å². The van der Waals surface area contributed by atoms with E-state index in [2.05, 4.69) is 22.6 Å². The molecular weight excluding hydrogens is 207 g/mol. The third kappa shape index (κ3) is 2.30. The smallest absolute Gasteiger partial charge is 0.148 e. The second-order valence-corrected chi connectivity index (χ2v) is 3.67. The first-order valence-corrected chi connectivity index (χ1v) is 5.28. The second-order valence-electron chi connectivity index (χ2n) is 3.67. The first kappa shape index (κ1) is 10.9. The lowest BCUT2D eigenvalue weighted by atomic mass is 10.2. The van der Waals surface area contributed by atoms with Crippen LogP contribution in [0.5, 0.6) is 0 Å². The van der Waals surface area contributed by atoms with Gasteiger partial charge in [0.15, 0.2) is 0 Å². The van der Waals surface area contributed by atoms with Gasteiger partial charge in [-0.25, -0.2) is 4.39 Å². The first-order valence-electron chi connectivity index (χ1n) is 5.28. The first-order chi connectivity index (χ1) is 7.81. The maximum atomic E-state index is 13.8. The normalized spacial score (nSPS) is 15.9. The Bertz CT molecular complexity index is 374. The molecule has 1 fully saturated rings. The number of nitrogens with one attached hydrogen (secondary N) is 2. The Labute approximate surface area is 94.1 Å². The highest BCUT2D eigenvalue weighted by atomic mass is 19.1. The molecule has 5 heteroatoms. The number of benzene rings is 1. The molecule has 1 aliphatic rings. The van der Waals surface area contributed by atoms with Crippen molar-refractivity contribution in [3.05, 3.63) is 24.0 Å². The zero-order chi connectivity index (χ0) is 11.4. The molecule has 2 rings (SSSR count). The van der Waals surface area contributed by atoms with Crippen molar-refractivity contribution < 1.29 is 4.39 Å². The van der Waals surface area contributed by atoms with Crippen LogP contribution in [0.15, 0.2) is 23.3 Å². The Morgan fingerprint density at radius 1 is 1.38 bits per heavy atom. The van der Waals surface area contributed by atoms with Crippen molar-refractivity contribution in [2.24, 2.45) is 5.10 Å². The van der Waals surface area contributed by atoms with Crippen molar-refractivity contribution in [2.75, 3.05) is 36.5 Å². The van der Waals surface area contributed by atoms with Crippen molar-refractivity contribution in [1.82, 2.24) is 5.32 Å². The van der Waals surface area contributed by atoms with Crippen LogP contribution in [0, 0.1) is 5.82 Å². The number of nitrogens with zero attached hydrogens (tertiary/aromatic N) is 2. The van der Waals surface area contributed by atoms with Crippen LogP contribution in [0.25, 0.3) is 0 Å². The van der Waals surface area contributed by atoms with Gasteiger partial charge in [-0.05, 0) is 12.1 Å². The van der Waals surface area contributed by atoms with Crippen molar-refractivity contribution in [2.45, 2.75) is 0 Å². The molecule has 1 saturated heterocycles. The highest BCUT2D eigenvalue weighted by Gasteiger charge is 2.14. The molecule has 1 heterocycles. The Kier molecular flexibility index (Phi) is 3.36. The Morgan fingerprint density at radius 2 is 2.12 bits per heavy atom. The van der Waals surface area contributed by atoms with Crippen molar-refractivity contribution in [3.63, 3.8) is 0 Å². The van der Waals surface area contributed by atoms with Gasteiger partial charge in [0.25, 0.3) is 0 Å². The predicted octanol–water partition coefficient (Wildman–Crippen LogP) is 1.26. The van der Waals surface area contributed by atoms with Gasteiger partial charge in [-0.3, -0.25) is 5.43 Å². The van der Waals surface area contributed by atoms with E-state index in [-0.39, 0.29) is 5.82 Å². The summed E-state index contributed by atoms with van der Waals surface area (Å²) in [6, 6.07) is 5.01. The highest BCUT2D eigenvalue weighted by molar-refractivity contribution is 5.56. The van der Waals surface area contributed by atoms with E-state index in [4.69, 9.17) is 0 Å². The van der Waals surface area contributed by atoms with Crippen molar-refractivity contribution in [1.29, 1.82) is 0 Å². The molecule has 0 amide bonds. The Hall–Kier alpha value is -1.62. The van der Waals surface area contributed by atoms with Crippen LogP contribution in [0.1, 0.15) is 0 Å². The van der Waals surface area contributed by atoms with Gasteiger partial charge in [-0.2, -0.15) is 5.10 Å². The van der Waals surface area contributed by atoms with E-state index in [1.165, 1.54) is 6.07 Å². The van der Waals surface area contributed by atoms with Gasteiger partial charge in [0, 0.05) is 39.0 Å². The van der Waals surface area contributed by atoms with Gasteiger partial charge in [-0.1, -0.05) is 0 Å². The number of rotatable bonds is 3. The van der Waals surface area contributed by atoms with Crippen LogP contribution >= 0.6 is 0 Å². The lowest BCUT2D eigenvalue weighted by molar-refractivity contribution is 0.566. The monoisotopic (exact) mass is 222 g/mol. The molecule has 1 aliphatic heterocycles. The number of anilines is 2. The fourth-order valence-electron chi connectivity index (χ4n) is 1.83. The summed E-state index contributed by atoms with van der Waals surface area (Å²) in [5.74, 6) is -0.226. The van der Waals surface area contributed by atoms with Crippen molar-refractivity contribution in [3.8, 4) is 0 Å². The van der Waals surface area contributed by atoms with Crippen molar-refractivity contribution >= 4 is 18.1 Å². The van der Waals surface area contributed by atoms with Gasteiger partial charge in [0.05, 0.1) is 11.4 Å². The summed E-state index contributed by atoms with van der Waals surface area (Å²) in [5.41, 5.74) is 3.89. The molecule has 0 bridgehead atoms. The fraction of sp³-hybridized carbons (Fsp3) is 0.364. The largest absolute Gasteiger partial charge is 0.367 e. The summed E-state index contributed by atoms with van der Waals surface area (Å²) in [5, 5.41) is 6.73. The minimum absolute atomic E-state index is 0.226. The number of halogens is 1. The molecule has 0 aromatic heterocycles. The molecule has 86 valence electrons. The molecular formula is C11H15FN4. The minimum Gasteiger partial charge on any atom is -0.367 e. The van der Waals surface area contributed by atoms with E-state index < -0.39 is 0 Å². The summed E-state index contributed by atoms with van der Waals surface area (Å²) in [7, 11) is 0. The second kappa shape index (κ2) is 4.94. The average Bonchev–Trinajstić information content (AvgIpc) is 2.31. The zero-order valence-corrected chi connectivity index (χ0v) is 9.04. The number of piperazine rings is 1. The van der Waals surface area contributed by atoms with Gasteiger partial charge in [-0.15, -0.1) is 0 Å². The molecule has 0 spiro atoms.